The number of nitrogens with zero attached hydrogens (tertiary/aromatic N) is 1. The Labute approximate surface area is 123 Å². The van der Waals surface area contributed by atoms with Gasteiger partial charge in [0.05, 0.1) is 0 Å². The van der Waals surface area contributed by atoms with Gasteiger partial charge < -0.3 is 10.4 Å². The summed E-state index contributed by atoms with van der Waals surface area (Å²) >= 11 is 0. The Hall–Kier alpha value is -1.06. The number of aromatic hydroxyl groups is 1. The van der Waals surface area contributed by atoms with Crippen molar-refractivity contribution in [3.05, 3.63) is 28.8 Å². The van der Waals surface area contributed by atoms with Crippen molar-refractivity contribution < 1.29 is 5.11 Å². The first-order chi connectivity index (χ1) is 9.60. The van der Waals surface area contributed by atoms with Crippen LogP contribution in [0.15, 0.2) is 12.1 Å². The second-order valence-corrected chi connectivity index (χ2v) is 6.11. The van der Waals surface area contributed by atoms with Crippen molar-refractivity contribution in [2.75, 3.05) is 26.2 Å². The summed E-state index contributed by atoms with van der Waals surface area (Å²) in [5.41, 5.74) is 3.30. The van der Waals surface area contributed by atoms with E-state index in [1.165, 1.54) is 38.0 Å². The number of rotatable bonds is 5. The minimum absolute atomic E-state index is 0.443. The van der Waals surface area contributed by atoms with Crippen LogP contribution in [0.1, 0.15) is 36.5 Å². The number of phenols is 1. The standard InChI is InChI=1S/C17H28N2O/c1-4-18-11-15-5-7-19(8-6-15)12-16-9-13(2)17(20)14(3)10-16/h9-10,15,18,20H,4-8,11-12H2,1-3H3. The molecule has 0 bridgehead atoms. The Balaban J connectivity index is 1.86. The van der Waals surface area contributed by atoms with E-state index in [4.69, 9.17) is 0 Å². The Bertz CT molecular complexity index is 414. The van der Waals surface area contributed by atoms with E-state index < -0.39 is 0 Å². The SMILES string of the molecule is CCNCC1CCN(Cc2cc(C)c(O)c(C)c2)CC1. The second-order valence-electron chi connectivity index (χ2n) is 6.11. The molecule has 0 saturated carbocycles. The largest absolute Gasteiger partial charge is 0.507 e. The van der Waals surface area contributed by atoms with Gasteiger partial charge in [-0.2, -0.15) is 0 Å². The van der Waals surface area contributed by atoms with Gasteiger partial charge in [-0.25, -0.2) is 0 Å². The molecule has 112 valence electrons. The summed E-state index contributed by atoms with van der Waals surface area (Å²) in [7, 11) is 0. The smallest absolute Gasteiger partial charge is 0.121 e. The molecule has 3 heteroatoms. The zero-order valence-corrected chi connectivity index (χ0v) is 13.1. The van der Waals surface area contributed by atoms with Gasteiger partial charge >= 0.3 is 0 Å². The van der Waals surface area contributed by atoms with Crippen molar-refractivity contribution in [1.29, 1.82) is 0 Å². The van der Waals surface area contributed by atoms with Gasteiger partial charge in [-0.3, -0.25) is 4.90 Å². The monoisotopic (exact) mass is 276 g/mol. The summed E-state index contributed by atoms with van der Waals surface area (Å²) in [5.74, 6) is 1.28. The molecule has 1 aromatic carbocycles. The van der Waals surface area contributed by atoms with E-state index in [9.17, 15) is 5.11 Å². The molecule has 1 heterocycles. The molecule has 0 spiro atoms. The van der Waals surface area contributed by atoms with Gasteiger partial charge in [-0.05, 0) is 75.5 Å². The van der Waals surface area contributed by atoms with E-state index in [2.05, 4.69) is 29.3 Å². The van der Waals surface area contributed by atoms with Crippen molar-refractivity contribution in [2.45, 2.75) is 40.2 Å². The van der Waals surface area contributed by atoms with Gasteiger partial charge in [-0.1, -0.05) is 19.1 Å². The number of aryl methyl sites for hydroxylation is 2. The molecular weight excluding hydrogens is 248 g/mol. The molecule has 0 amide bonds. The quantitative estimate of drug-likeness (QED) is 0.868. The highest BCUT2D eigenvalue weighted by Gasteiger charge is 2.19. The van der Waals surface area contributed by atoms with Gasteiger partial charge in [0.25, 0.3) is 0 Å². The normalized spacial score (nSPS) is 17.6. The Morgan fingerprint density at radius 1 is 1.20 bits per heavy atom. The first-order valence-electron chi connectivity index (χ1n) is 7.82. The number of likely N-dealkylation sites (tertiary alicyclic amines) is 1. The molecule has 2 rings (SSSR count). The molecule has 1 aromatic rings. The molecule has 3 nitrogen and oxygen atoms in total. The number of piperidine rings is 1. The van der Waals surface area contributed by atoms with Crippen molar-refractivity contribution in [2.24, 2.45) is 5.92 Å². The lowest BCUT2D eigenvalue weighted by Gasteiger charge is -2.32. The number of nitrogens with one attached hydrogen (secondary N) is 1. The molecule has 2 N–H and O–H groups in total. The summed E-state index contributed by atoms with van der Waals surface area (Å²) < 4.78 is 0. The molecule has 20 heavy (non-hydrogen) atoms. The number of hydrogen-bond donors (Lipinski definition) is 2. The predicted octanol–water partition coefficient (Wildman–Crippen LogP) is 2.83. The third-order valence-electron chi connectivity index (χ3n) is 4.35. The number of hydrogen-bond acceptors (Lipinski definition) is 3. The molecular formula is C17H28N2O. The molecule has 1 aliphatic heterocycles. The van der Waals surface area contributed by atoms with Gasteiger partial charge in [0.15, 0.2) is 0 Å². The molecule has 0 aromatic heterocycles. The molecule has 1 saturated heterocycles. The van der Waals surface area contributed by atoms with E-state index >= 15 is 0 Å². The van der Waals surface area contributed by atoms with Gasteiger partial charge in [0.1, 0.15) is 5.75 Å². The Morgan fingerprint density at radius 3 is 2.35 bits per heavy atom. The zero-order chi connectivity index (χ0) is 14.5. The van der Waals surface area contributed by atoms with Crippen LogP contribution in [0.25, 0.3) is 0 Å². The van der Waals surface area contributed by atoms with E-state index in [1.54, 1.807) is 0 Å². The lowest BCUT2D eigenvalue weighted by Crippen LogP contribution is -2.36. The zero-order valence-electron chi connectivity index (χ0n) is 13.1. The average Bonchev–Trinajstić information content (AvgIpc) is 2.44. The third kappa shape index (κ3) is 3.97. The maximum Gasteiger partial charge on any atom is 0.121 e. The fourth-order valence-electron chi connectivity index (χ4n) is 3.09. The van der Waals surface area contributed by atoms with Crippen LogP contribution in [0.4, 0.5) is 0 Å². The van der Waals surface area contributed by atoms with Crippen molar-refractivity contribution in [1.82, 2.24) is 10.2 Å². The average molecular weight is 276 g/mol. The summed E-state index contributed by atoms with van der Waals surface area (Å²) in [6.45, 7) is 11.8. The molecule has 0 radical (unpaired) electrons. The topological polar surface area (TPSA) is 35.5 Å². The Morgan fingerprint density at radius 2 is 1.80 bits per heavy atom. The predicted molar refractivity (Wildman–Crippen MR) is 84.1 cm³/mol. The molecule has 0 aliphatic carbocycles. The highest BCUT2D eigenvalue weighted by Crippen LogP contribution is 2.25. The van der Waals surface area contributed by atoms with E-state index in [0.29, 0.717) is 5.75 Å². The van der Waals surface area contributed by atoms with Crippen LogP contribution in [-0.4, -0.2) is 36.2 Å². The molecule has 1 aliphatic rings. The summed E-state index contributed by atoms with van der Waals surface area (Å²) in [5, 5.41) is 13.3. The number of phenolic OH excluding ortho intramolecular Hbond substituents is 1. The van der Waals surface area contributed by atoms with Crippen LogP contribution in [0.2, 0.25) is 0 Å². The van der Waals surface area contributed by atoms with Crippen molar-refractivity contribution >= 4 is 0 Å². The maximum absolute atomic E-state index is 9.83. The lowest BCUT2D eigenvalue weighted by atomic mass is 9.96. The highest BCUT2D eigenvalue weighted by molar-refractivity contribution is 5.42. The van der Waals surface area contributed by atoms with Crippen LogP contribution in [-0.2, 0) is 6.54 Å². The fourth-order valence-corrected chi connectivity index (χ4v) is 3.09. The molecule has 0 atom stereocenters. The second kappa shape index (κ2) is 7.09. The third-order valence-corrected chi connectivity index (χ3v) is 4.35. The van der Waals surface area contributed by atoms with E-state index in [1.807, 2.05) is 13.8 Å². The van der Waals surface area contributed by atoms with E-state index in [-0.39, 0.29) is 0 Å². The molecule has 1 fully saturated rings. The minimum Gasteiger partial charge on any atom is -0.507 e. The lowest BCUT2D eigenvalue weighted by molar-refractivity contribution is 0.176. The maximum atomic E-state index is 9.83. The van der Waals surface area contributed by atoms with Crippen LogP contribution < -0.4 is 5.32 Å². The van der Waals surface area contributed by atoms with Gasteiger partial charge in [-0.15, -0.1) is 0 Å². The van der Waals surface area contributed by atoms with Crippen LogP contribution in [0.5, 0.6) is 5.75 Å². The van der Waals surface area contributed by atoms with E-state index in [0.717, 1.165) is 30.1 Å². The van der Waals surface area contributed by atoms with Gasteiger partial charge in [0.2, 0.25) is 0 Å². The van der Waals surface area contributed by atoms with Gasteiger partial charge in [0, 0.05) is 6.54 Å². The Kier molecular flexibility index (Phi) is 5.44. The first-order valence-corrected chi connectivity index (χ1v) is 7.82. The van der Waals surface area contributed by atoms with Crippen LogP contribution in [0.3, 0.4) is 0 Å². The van der Waals surface area contributed by atoms with Crippen LogP contribution >= 0.6 is 0 Å². The molecule has 0 unspecified atom stereocenters. The highest BCUT2D eigenvalue weighted by atomic mass is 16.3. The minimum atomic E-state index is 0.443. The summed E-state index contributed by atoms with van der Waals surface area (Å²) in [6, 6.07) is 4.24. The van der Waals surface area contributed by atoms with Crippen molar-refractivity contribution in [3.63, 3.8) is 0 Å². The number of benzene rings is 1. The van der Waals surface area contributed by atoms with Crippen LogP contribution in [0, 0.1) is 19.8 Å². The van der Waals surface area contributed by atoms with Crippen molar-refractivity contribution in [3.8, 4) is 5.75 Å². The summed E-state index contributed by atoms with van der Waals surface area (Å²) in [6.07, 6.45) is 2.59. The fraction of sp³-hybridized carbons (Fsp3) is 0.647. The summed E-state index contributed by atoms with van der Waals surface area (Å²) in [4.78, 5) is 2.54. The first kappa shape index (κ1) is 15.3.